The number of hydrogen-bond acceptors (Lipinski definition) is 3. The average molecular weight is 317 g/mol. The number of carbonyl (C=O) groups excluding carboxylic acids is 1. The number of nitrogens with zero attached hydrogens (tertiary/aromatic N) is 1. The van der Waals surface area contributed by atoms with Gasteiger partial charge in [0.2, 0.25) is 0 Å². The Morgan fingerprint density at radius 1 is 1.50 bits per heavy atom. The smallest absolute Gasteiger partial charge is 0.322 e. The van der Waals surface area contributed by atoms with Crippen LogP contribution in [0.5, 0.6) is 0 Å². The van der Waals surface area contributed by atoms with Gasteiger partial charge >= 0.3 is 6.03 Å². The van der Waals surface area contributed by atoms with Crippen LogP contribution in [0.25, 0.3) is 0 Å². The minimum atomic E-state index is -0.251. The van der Waals surface area contributed by atoms with Crippen LogP contribution < -0.4 is 5.32 Å². The third-order valence-corrected chi connectivity index (χ3v) is 2.79. The number of hydrogen-bond donors (Lipinski definition) is 2. The Labute approximate surface area is 115 Å². The molecule has 0 spiro atoms. The molecule has 5 nitrogen and oxygen atoms in total. The number of halogens is 1. The largest absolute Gasteiger partial charge is 0.395 e. The normalized spacial score (nSPS) is 10.2. The van der Waals surface area contributed by atoms with Crippen molar-refractivity contribution in [1.29, 1.82) is 0 Å². The zero-order valence-electron chi connectivity index (χ0n) is 10.2. The van der Waals surface area contributed by atoms with Gasteiger partial charge in [-0.05, 0) is 18.2 Å². The lowest BCUT2D eigenvalue weighted by atomic mass is 10.3. The van der Waals surface area contributed by atoms with Crippen molar-refractivity contribution in [3.63, 3.8) is 0 Å². The highest BCUT2D eigenvalue weighted by Gasteiger charge is 2.12. The first-order valence-electron chi connectivity index (χ1n) is 5.58. The number of aliphatic hydroxyl groups is 1. The van der Waals surface area contributed by atoms with E-state index in [-0.39, 0.29) is 19.2 Å². The van der Waals surface area contributed by atoms with Crippen molar-refractivity contribution in [1.82, 2.24) is 4.90 Å². The average Bonchev–Trinajstić information content (AvgIpc) is 2.34. The molecule has 2 amide bonds. The topological polar surface area (TPSA) is 61.8 Å². The van der Waals surface area contributed by atoms with Gasteiger partial charge in [0.15, 0.2) is 0 Å². The standard InChI is InChI=1S/C12H17BrN2O3/c1-18-8-6-15(5-7-16)12(17)14-11-4-2-3-10(13)9-11/h2-4,9,16H,5-8H2,1H3,(H,14,17). The fraction of sp³-hybridized carbons (Fsp3) is 0.417. The van der Waals surface area contributed by atoms with Crippen LogP contribution in [0.15, 0.2) is 28.7 Å². The number of nitrogens with one attached hydrogen (secondary N) is 1. The van der Waals surface area contributed by atoms with E-state index in [1.54, 1.807) is 13.2 Å². The lowest BCUT2D eigenvalue weighted by Crippen LogP contribution is -2.39. The third-order valence-electron chi connectivity index (χ3n) is 2.30. The summed E-state index contributed by atoms with van der Waals surface area (Å²) in [5.74, 6) is 0. The van der Waals surface area contributed by atoms with Crippen LogP contribution in [0.4, 0.5) is 10.5 Å². The molecule has 0 saturated carbocycles. The number of carbonyl (C=O) groups is 1. The second-order valence-corrected chi connectivity index (χ2v) is 4.56. The van der Waals surface area contributed by atoms with Crippen molar-refractivity contribution in [2.24, 2.45) is 0 Å². The van der Waals surface area contributed by atoms with Crippen molar-refractivity contribution in [2.75, 3.05) is 38.7 Å². The number of rotatable bonds is 6. The summed E-state index contributed by atoms with van der Waals surface area (Å²) in [5, 5.41) is 11.7. The van der Waals surface area contributed by atoms with Gasteiger partial charge in [0, 0.05) is 30.4 Å². The van der Waals surface area contributed by atoms with Gasteiger partial charge in [-0.3, -0.25) is 0 Å². The molecule has 0 bridgehead atoms. The van der Waals surface area contributed by atoms with Gasteiger partial charge < -0.3 is 20.1 Å². The van der Waals surface area contributed by atoms with E-state index in [0.717, 1.165) is 4.47 Å². The fourth-order valence-corrected chi connectivity index (χ4v) is 1.81. The van der Waals surface area contributed by atoms with Crippen molar-refractivity contribution in [3.8, 4) is 0 Å². The molecule has 0 aromatic heterocycles. The van der Waals surface area contributed by atoms with Crippen LogP contribution in [-0.2, 0) is 4.74 Å². The number of aliphatic hydroxyl groups excluding tert-OH is 1. The van der Waals surface area contributed by atoms with E-state index >= 15 is 0 Å². The molecule has 2 N–H and O–H groups in total. The van der Waals surface area contributed by atoms with Crippen molar-refractivity contribution < 1.29 is 14.6 Å². The molecular weight excluding hydrogens is 300 g/mol. The molecule has 0 unspecified atom stereocenters. The molecule has 0 aliphatic rings. The first-order valence-corrected chi connectivity index (χ1v) is 6.38. The van der Waals surface area contributed by atoms with Crippen molar-refractivity contribution >= 4 is 27.6 Å². The molecule has 1 aromatic rings. The zero-order valence-corrected chi connectivity index (χ0v) is 11.8. The summed E-state index contributed by atoms with van der Waals surface area (Å²) in [5.41, 5.74) is 0.703. The Morgan fingerprint density at radius 2 is 2.28 bits per heavy atom. The highest BCUT2D eigenvalue weighted by Crippen LogP contribution is 2.15. The Kier molecular flexibility index (Phi) is 6.70. The minimum Gasteiger partial charge on any atom is -0.395 e. The first kappa shape index (κ1) is 14.9. The number of amides is 2. The zero-order chi connectivity index (χ0) is 13.4. The number of urea groups is 1. The molecule has 0 aliphatic carbocycles. The van der Waals surface area contributed by atoms with E-state index in [9.17, 15) is 4.79 Å². The number of methoxy groups -OCH3 is 1. The highest BCUT2D eigenvalue weighted by atomic mass is 79.9. The summed E-state index contributed by atoms with van der Waals surface area (Å²) in [6.07, 6.45) is 0. The maximum atomic E-state index is 12.0. The first-order chi connectivity index (χ1) is 8.67. The van der Waals surface area contributed by atoms with Gasteiger partial charge in [-0.2, -0.15) is 0 Å². The third kappa shape index (κ3) is 5.03. The van der Waals surface area contributed by atoms with Gasteiger partial charge in [-0.1, -0.05) is 22.0 Å². The van der Waals surface area contributed by atoms with Gasteiger partial charge in [-0.25, -0.2) is 4.79 Å². The van der Waals surface area contributed by atoms with Crippen LogP contribution in [0.2, 0.25) is 0 Å². The Morgan fingerprint density at radius 3 is 2.89 bits per heavy atom. The summed E-state index contributed by atoms with van der Waals surface area (Å²) in [7, 11) is 1.57. The molecule has 6 heteroatoms. The second-order valence-electron chi connectivity index (χ2n) is 3.64. The van der Waals surface area contributed by atoms with Gasteiger partial charge in [0.25, 0.3) is 0 Å². The summed E-state index contributed by atoms with van der Waals surface area (Å²) < 4.78 is 5.82. The molecule has 0 radical (unpaired) electrons. The molecule has 1 aromatic carbocycles. The summed E-state index contributed by atoms with van der Waals surface area (Å²) in [6.45, 7) is 1.08. The van der Waals surface area contributed by atoms with E-state index in [1.165, 1.54) is 4.90 Å². The maximum absolute atomic E-state index is 12.0. The quantitative estimate of drug-likeness (QED) is 0.843. The van der Waals surface area contributed by atoms with E-state index < -0.39 is 0 Å². The lowest BCUT2D eigenvalue weighted by molar-refractivity contribution is 0.142. The van der Waals surface area contributed by atoms with Gasteiger partial charge in [-0.15, -0.1) is 0 Å². The predicted molar refractivity (Wildman–Crippen MR) is 73.7 cm³/mol. The number of anilines is 1. The Balaban J connectivity index is 2.60. The van der Waals surface area contributed by atoms with E-state index in [4.69, 9.17) is 9.84 Å². The van der Waals surface area contributed by atoms with Crippen LogP contribution in [0, 0.1) is 0 Å². The monoisotopic (exact) mass is 316 g/mol. The van der Waals surface area contributed by atoms with E-state index in [2.05, 4.69) is 21.2 Å². The molecule has 0 fully saturated rings. The van der Waals surface area contributed by atoms with Crippen LogP contribution in [0.3, 0.4) is 0 Å². The second kappa shape index (κ2) is 8.07. The van der Waals surface area contributed by atoms with Gasteiger partial charge in [0.1, 0.15) is 0 Å². The van der Waals surface area contributed by atoms with Crippen molar-refractivity contribution in [2.45, 2.75) is 0 Å². The van der Waals surface area contributed by atoms with E-state index in [1.807, 2.05) is 18.2 Å². The molecule has 0 aliphatic heterocycles. The predicted octanol–water partition coefficient (Wildman–Crippen LogP) is 1.92. The number of benzene rings is 1. The molecule has 0 saturated heterocycles. The van der Waals surface area contributed by atoms with Crippen molar-refractivity contribution in [3.05, 3.63) is 28.7 Å². The Bertz CT molecular complexity index is 387. The molecule has 18 heavy (non-hydrogen) atoms. The molecule has 1 rings (SSSR count). The van der Waals surface area contributed by atoms with Gasteiger partial charge in [0.05, 0.1) is 13.2 Å². The summed E-state index contributed by atoms with van der Waals surface area (Å²) in [4.78, 5) is 13.5. The van der Waals surface area contributed by atoms with Crippen LogP contribution >= 0.6 is 15.9 Å². The molecule has 100 valence electrons. The van der Waals surface area contributed by atoms with Crippen LogP contribution in [-0.4, -0.2) is 49.5 Å². The molecule has 0 heterocycles. The van der Waals surface area contributed by atoms with E-state index in [0.29, 0.717) is 18.8 Å². The molecular formula is C12H17BrN2O3. The summed E-state index contributed by atoms with van der Waals surface area (Å²) >= 11 is 3.34. The lowest BCUT2D eigenvalue weighted by Gasteiger charge is -2.21. The minimum absolute atomic E-state index is 0.0738. The SMILES string of the molecule is COCCN(CCO)C(=O)Nc1cccc(Br)c1. The number of ether oxygens (including phenoxy) is 1. The maximum Gasteiger partial charge on any atom is 0.322 e. The highest BCUT2D eigenvalue weighted by molar-refractivity contribution is 9.10. The fourth-order valence-electron chi connectivity index (χ4n) is 1.41. The van der Waals surface area contributed by atoms with Crippen LogP contribution in [0.1, 0.15) is 0 Å². The molecule has 0 atom stereocenters. The Hall–Kier alpha value is -1.11. The summed E-state index contributed by atoms with van der Waals surface area (Å²) in [6, 6.07) is 7.08.